The Morgan fingerprint density at radius 2 is 1.86 bits per heavy atom. The molecule has 51 heavy (non-hydrogen) atoms. The van der Waals surface area contributed by atoms with Crippen LogP contribution in [0, 0.1) is 28.1 Å². The average molecular weight is 746 g/mol. The van der Waals surface area contributed by atoms with Gasteiger partial charge in [-0.25, -0.2) is 9.67 Å². The van der Waals surface area contributed by atoms with Crippen LogP contribution in [0.25, 0.3) is 16.3 Å². The molecule has 0 radical (unpaired) electrons. The molecule has 1 aromatic carbocycles. The van der Waals surface area contributed by atoms with Crippen molar-refractivity contribution in [3.63, 3.8) is 0 Å². The maximum atomic E-state index is 13.9. The lowest BCUT2D eigenvalue weighted by molar-refractivity contribution is -0.219. The van der Waals surface area contributed by atoms with Crippen molar-refractivity contribution in [1.82, 2.24) is 19.7 Å². The number of halogens is 3. The number of nitrogens with zero attached hydrogens (tertiary/aromatic N) is 6. The average Bonchev–Trinajstić information content (AvgIpc) is 3.71. The van der Waals surface area contributed by atoms with Gasteiger partial charge in [0.25, 0.3) is 10.0 Å². The topological polar surface area (TPSA) is 125 Å². The van der Waals surface area contributed by atoms with Crippen LogP contribution < -0.4 is 9.46 Å². The number of ether oxygens (including phenoxy) is 1. The van der Waals surface area contributed by atoms with E-state index in [0.717, 1.165) is 81.3 Å². The zero-order valence-corrected chi connectivity index (χ0v) is 31.3. The monoisotopic (exact) mass is 745 g/mol. The van der Waals surface area contributed by atoms with Crippen LogP contribution in [0.2, 0.25) is 0 Å². The third-order valence-electron chi connectivity index (χ3n) is 9.41. The molecule has 5 rings (SSSR count). The summed E-state index contributed by atoms with van der Waals surface area (Å²) in [4.78, 5) is 11.7. The molecule has 3 atom stereocenters. The molecule has 3 aromatic rings. The minimum Gasteiger partial charge on any atom is -0.476 e. The minimum atomic E-state index is -4.46. The molecule has 4 heterocycles. The molecule has 10 nitrogen and oxygen atoms in total. The minimum absolute atomic E-state index is 0.00519. The van der Waals surface area contributed by atoms with Crippen LogP contribution in [0.1, 0.15) is 78.7 Å². The molecule has 0 saturated heterocycles. The van der Waals surface area contributed by atoms with Crippen molar-refractivity contribution in [3.05, 3.63) is 54.2 Å². The van der Waals surface area contributed by atoms with Crippen molar-refractivity contribution in [1.29, 1.82) is 5.26 Å². The van der Waals surface area contributed by atoms with Gasteiger partial charge >= 0.3 is 6.18 Å². The number of benzene rings is 1. The van der Waals surface area contributed by atoms with E-state index in [2.05, 4.69) is 27.7 Å². The van der Waals surface area contributed by atoms with Gasteiger partial charge < -0.3 is 4.74 Å². The summed E-state index contributed by atoms with van der Waals surface area (Å²) in [6.45, 7) is 8.67. The number of aromatic nitrogens is 3. The Labute approximate surface area is 302 Å². The summed E-state index contributed by atoms with van der Waals surface area (Å²) in [6.07, 6.45) is 6.03. The third-order valence-corrected chi connectivity index (χ3v) is 11.8. The Hall–Kier alpha value is -3.74. The van der Waals surface area contributed by atoms with Crippen LogP contribution in [0.5, 0.6) is 5.88 Å². The van der Waals surface area contributed by atoms with E-state index in [0.29, 0.717) is 23.8 Å². The number of thiazole rings is 1. The number of hydrogen-bond donors (Lipinski definition) is 1. The highest BCUT2D eigenvalue weighted by molar-refractivity contribution is 8.08. The number of sulfonamides is 1. The predicted octanol–water partition coefficient (Wildman–Crippen LogP) is 8.38. The molecule has 4 bridgehead atoms. The van der Waals surface area contributed by atoms with Crippen molar-refractivity contribution in [2.24, 2.45) is 21.7 Å². The molecule has 1 N–H and O–H groups in total. The van der Waals surface area contributed by atoms with Gasteiger partial charge in [0.05, 0.1) is 16.9 Å². The van der Waals surface area contributed by atoms with Gasteiger partial charge in [-0.2, -0.15) is 26.9 Å². The number of fused-ring (bicyclic) bond motifs is 5. The summed E-state index contributed by atoms with van der Waals surface area (Å²) in [6, 6.07) is 11.8. The number of dihydropyridines is 1. The normalized spacial score (nSPS) is 21.4. The van der Waals surface area contributed by atoms with Crippen molar-refractivity contribution in [3.8, 4) is 28.2 Å². The molecular formula is C36H46F3N7O3S2. The van der Waals surface area contributed by atoms with Gasteiger partial charge in [0.15, 0.2) is 10.2 Å². The van der Waals surface area contributed by atoms with E-state index in [1.54, 1.807) is 6.20 Å². The van der Waals surface area contributed by atoms with Gasteiger partial charge in [0.2, 0.25) is 5.88 Å². The molecule has 2 aromatic heterocycles. The molecule has 2 unspecified atom stereocenters. The van der Waals surface area contributed by atoms with E-state index in [-0.39, 0.29) is 22.0 Å². The van der Waals surface area contributed by atoms with E-state index in [1.165, 1.54) is 16.8 Å². The smallest absolute Gasteiger partial charge is 0.397 e. The standard InChI is InChI=1S/C36H46F3N7O3S2/c1-6-19-35(5,22-40)23-45-20-12-8-7-9-13-26-14-10-11-15-27(26)30-32(46-21-18-28(43-46)49-24-34(3,4)36(37,38)39)50-33(42-30)44-51(47,48)29-17-16-25(2)31(45)41-29/h10-11,14-18,21,25,31H,6-9,12-13,19-20,23-24H2,1-5H3,(H,42,44)/t25?,31?,35-/m0/s1. The quantitative estimate of drug-likeness (QED) is 0.246. The van der Waals surface area contributed by atoms with Gasteiger partial charge in [0, 0.05) is 36.8 Å². The van der Waals surface area contributed by atoms with Crippen LogP contribution in [-0.2, 0) is 16.4 Å². The van der Waals surface area contributed by atoms with Gasteiger partial charge in [-0.05, 0) is 58.1 Å². The van der Waals surface area contributed by atoms with E-state index in [1.807, 2.05) is 44.2 Å². The summed E-state index contributed by atoms with van der Waals surface area (Å²) >= 11 is 1.05. The molecule has 0 amide bonds. The first-order valence-electron chi connectivity index (χ1n) is 17.3. The first kappa shape index (κ1) is 38.5. The molecule has 15 heteroatoms. The van der Waals surface area contributed by atoms with Gasteiger partial charge in [-0.3, -0.25) is 14.6 Å². The van der Waals surface area contributed by atoms with E-state index < -0.39 is 39.8 Å². The Morgan fingerprint density at radius 3 is 2.59 bits per heavy atom. The van der Waals surface area contributed by atoms with Crippen molar-refractivity contribution in [2.75, 3.05) is 24.4 Å². The molecule has 2 aliphatic heterocycles. The fourth-order valence-electron chi connectivity index (χ4n) is 6.31. The van der Waals surface area contributed by atoms with Crippen molar-refractivity contribution < 1.29 is 26.3 Å². The Bertz CT molecular complexity index is 1890. The second-order valence-corrected chi connectivity index (χ2v) is 17.0. The lowest BCUT2D eigenvalue weighted by Gasteiger charge is -2.38. The SMILES string of the molecule is CCC[C@@](C)(C#N)CN1CCCCCCc2ccccc2-c2nc(sc2-n2ccc(OCC(C)(C)C(F)(F)F)n2)NS(=O)(=O)C2=NC1C(C)C=C2. The Kier molecular flexibility index (Phi) is 11.7. The van der Waals surface area contributed by atoms with Crippen LogP contribution in [0.15, 0.2) is 53.7 Å². The van der Waals surface area contributed by atoms with Crippen molar-refractivity contribution in [2.45, 2.75) is 91.9 Å². The number of nitrogens with one attached hydrogen (secondary N) is 1. The second kappa shape index (κ2) is 15.5. The van der Waals surface area contributed by atoms with Gasteiger partial charge in [-0.15, -0.1) is 5.10 Å². The maximum Gasteiger partial charge on any atom is 0.397 e. The summed E-state index contributed by atoms with van der Waals surface area (Å²) in [5.41, 5.74) is -0.386. The number of aryl methyl sites for hydroxylation is 1. The Morgan fingerprint density at radius 1 is 1.12 bits per heavy atom. The number of anilines is 1. The summed E-state index contributed by atoms with van der Waals surface area (Å²) < 4.78 is 77.8. The molecule has 0 aliphatic carbocycles. The first-order valence-corrected chi connectivity index (χ1v) is 19.6. The third kappa shape index (κ3) is 9.02. The van der Waals surface area contributed by atoms with Crippen molar-refractivity contribution >= 4 is 31.5 Å². The second-order valence-electron chi connectivity index (χ2n) is 14.4. The van der Waals surface area contributed by atoms with E-state index in [9.17, 15) is 26.9 Å². The molecule has 276 valence electrons. The lowest BCUT2D eigenvalue weighted by atomic mass is 9.86. The zero-order chi connectivity index (χ0) is 37.0. The highest BCUT2D eigenvalue weighted by atomic mass is 32.2. The highest BCUT2D eigenvalue weighted by Gasteiger charge is 2.48. The number of hydrogen-bond acceptors (Lipinski definition) is 9. The van der Waals surface area contributed by atoms with Crippen LogP contribution in [-0.4, -0.2) is 65.2 Å². The number of alkyl halides is 3. The maximum absolute atomic E-state index is 13.9. The molecule has 0 saturated carbocycles. The van der Waals surface area contributed by atoms with E-state index in [4.69, 9.17) is 14.7 Å². The summed E-state index contributed by atoms with van der Waals surface area (Å²) in [7, 11) is -4.20. The largest absolute Gasteiger partial charge is 0.476 e. The van der Waals surface area contributed by atoms with Gasteiger partial charge in [0.1, 0.15) is 23.5 Å². The number of rotatable bonds is 8. The fourth-order valence-corrected chi connectivity index (χ4v) is 8.46. The highest BCUT2D eigenvalue weighted by Crippen LogP contribution is 2.39. The molecule has 0 fully saturated rings. The fraction of sp³-hybridized carbons (Fsp3) is 0.556. The molecule has 0 spiro atoms. The molecule has 2 aliphatic rings. The zero-order valence-electron chi connectivity index (χ0n) is 29.7. The molecular weight excluding hydrogens is 700 g/mol. The van der Waals surface area contributed by atoms with Crippen LogP contribution >= 0.6 is 11.3 Å². The first-order chi connectivity index (χ1) is 24.1. The Balaban J connectivity index is 1.54. The predicted molar refractivity (Wildman–Crippen MR) is 194 cm³/mol. The van der Waals surface area contributed by atoms with Gasteiger partial charge in [-0.1, -0.05) is 74.8 Å². The summed E-state index contributed by atoms with van der Waals surface area (Å²) in [5.74, 6) is -0.0875. The lowest BCUT2D eigenvalue weighted by Crippen LogP contribution is -2.46. The van der Waals surface area contributed by atoms with E-state index >= 15 is 0 Å². The summed E-state index contributed by atoms with van der Waals surface area (Å²) in [5, 5.41) is 14.9. The number of aliphatic imine (C=N–C) groups is 1. The van der Waals surface area contributed by atoms with Crippen LogP contribution in [0.3, 0.4) is 0 Å². The van der Waals surface area contributed by atoms with Crippen LogP contribution in [0.4, 0.5) is 18.3 Å². The number of nitriles is 1.